The zero-order valence-electron chi connectivity index (χ0n) is 14.5. The van der Waals surface area contributed by atoms with Gasteiger partial charge >= 0.3 is 5.97 Å². The summed E-state index contributed by atoms with van der Waals surface area (Å²) in [4.78, 5) is 26.2. The van der Waals surface area contributed by atoms with Crippen LogP contribution in [0.4, 0.5) is 0 Å². The van der Waals surface area contributed by atoms with E-state index >= 15 is 0 Å². The van der Waals surface area contributed by atoms with E-state index in [4.69, 9.17) is 14.6 Å². The van der Waals surface area contributed by atoms with E-state index in [0.29, 0.717) is 24.5 Å². The van der Waals surface area contributed by atoms with Gasteiger partial charge in [0.05, 0.1) is 38.2 Å². The molecule has 0 spiro atoms. The number of aromatic nitrogens is 1. The van der Waals surface area contributed by atoms with Gasteiger partial charge in [-0.3, -0.25) is 4.79 Å². The Balaban J connectivity index is 2.33. The molecule has 8 heteroatoms. The molecule has 7 nitrogen and oxygen atoms in total. The summed E-state index contributed by atoms with van der Waals surface area (Å²) in [6.07, 6.45) is 0. The highest BCUT2D eigenvalue weighted by Gasteiger charge is 2.38. The van der Waals surface area contributed by atoms with Gasteiger partial charge in [-0.25, -0.2) is 4.79 Å². The molecule has 1 amide bonds. The quantitative estimate of drug-likeness (QED) is 0.580. The molecule has 2 heterocycles. The summed E-state index contributed by atoms with van der Waals surface area (Å²) in [7, 11) is 3.26. The van der Waals surface area contributed by atoms with E-state index in [1.807, 2.05) is 25.5 Å². The Morgan fingerprint density at radius 3 is 2.67 bits per heavy atom. The molecule has 2 rings (SSSR count). The van der Waals surface area contributed by atoms with Crippen LogP contribution in [0.2, 0.25) is 0 Å². The molecule has 1 atom stereocenters. The number of thioether (sulfide) groups is 1. The summed E-state index contributed by atoms with van der Waals surface area (Å²) in [5, 5.41) is 8.54. The average Bonchev–Trinajstić information content (AvgIpc) is 3.03. The van der Waals surface area contributed by atoms with Gasteiger partial charge < -0.3 is 24.0 Å². The zero-order valence-corrected chi connectivity index (χ0v) is 15.3. The molecule has 24 heavy (non-hydrogen) atoms. The van der Waals surface area contributed by atoms with Crippen LogP contribution in [0.5, 0.6) is 0 Å². The van der Waals surface area contributed by atoms with E-state index in [1.165, 1.54) is 18.9 Å². The van der Waals surface area contributed by atoms with E-state index in [-0.39, 0.29) is 30.5 Å². The third kappa shape index (κ3) is 3.45. The SMILES string of the molecule is COC(=O)c1c(C2SCC(=O)N2CCOCCO)c(C)n(C)c1C. The highest BCUT2D eigenvalue weighted by atomic mass is 32.2. The molecule has 1 aromatic rings. The number of hydrogen-bond acceptors (Lipinski definition) is 6. The Labute approximate surface area is 145 Å². The predicted molar refractivity (Wildman–Crippen MR) is 91.0 cm³/mol. The summed E-state index contributed by atoms with van der Waals surface area (Å²) in [5.74, 6) is 0.00974. The first-order chi connectivity index (χ1) is 11.4. The number of methoxy groups -OCH3 is 1. The van der Waals surface area contributed by atoms with Gasteiger partial charge in [0.1, 0.15) is 5.37 Å². The van der Waals surface area contributed by atoms with E-state index in [0.717, 1.165) is 17.0 Å². The van der Waals surface area contributed by atoms with Crippen molar-refractivity contribution in [2.45, 2.75) is 19.2 Å². The lowest BCUT2D eigenvalue weighted by Gasteiger charge is -2.25. The monoisotopic (exact) mass is 356 g/mol. The van der Waals surface area contributed by atoms with Gasteiger partial charge in [-0.1, -0.05) is 0 Å². The lowest BCUT2D eigenvalue weighted by molar-refractivity contribution is -0.128. The van der Waals surface area contributed by atoms with Crippen LogP contribution in [-0.4, -0.2) is 65.7 Å². The summed E-state index contributed by atoms with van der Waals surface area (Å²) in [5.41, 5.74) is 3.14. The van der Waals surface area contributed by atoms with Crippen LogP contribution < -0.4 is 0 Å². The van der Waals surface area contributed by atoms with Crippen molar-refractivity contribution in [3.63, 3.8) is 0 Å². The molecule has 134 valence electrons. The second-order valence-corrected chi connectivity index (χ2v) is 6.67. The van der Waals surface area contributed by atoms with Crippen molar-refractivity contribution in [1.82, 2.24) is 9.47 Å². The molecule has 1 aromatic heterocycles. The predicted octanol–water partition coefficient (Wildman–Crippen LogP) is 1.01. The number of esters is 1. The first-order valence-corrected chi connectivity index (χ1v) is 8.82. The van der Waals surface area contributed by atoms with Crippen LogP contribution in [0.3, 0.4) is 0 Å². The number of aliphatic hydroxyl groups excluding tert-OH is 1. The van der Waals surface area contributed by atoms with Crippen molar-refractivity contribution >= 4 is 23.6 Å². The number of aliphatic hydroxyl groups is 1. The van der Waals surface area contributed by atoms with Crippen molar-refractivity contribution in [2.24, 2.45) is 7.05 Å². The standard InChI is InChI=1S/C16H24N2O5S/c1-10-13(14(16(21)22-4)11(2)17(10)3)15-18(12(20)9-24-15)5-7-23-8-6-19/h15,19H,5-9H2,1-4H3. The van der Waals surface area contributed by atoms with Crippen molar-refractivity contribution in [3.05, 3.63) is 22.5 Å². The molecule has 0 radical (unpaired) electrons. The second kappa shape index (κ2) is 8.04. The minimum atomic E-state index is -0.386. The van der Waals surface area contributed by atoms with Gasteiger partial charge in [-0.05, 0) is 13.8 Å². The molecule has 1 unspecified atom stereocenters. The van der Waals surface area contributed by atoms with Gasteiger partial charge in [-0.15, -0.1) is 11.8 Å². The summed E-state index contributed by atoms with van der Waals surface area (Å²) >= 11 is 1.50. The number of hydrogen-bond donors (Lipinski definition) is 1. The Morgan fingerprint density at radius 1 is 1.33 bits per heavy atom. The molecular weight excluding hydrogens is 332 g/mol. The molecule has 0 aliphatic carbocycles. The summed E-state index contributed by atoms with van der Waals surface area (Å²) in [6.45, 7) is 4.79. The minimum absolute atomic E-state index is 0.0225. The van der Waals surface area contributed by atoms with E-state index in [2.05, 4.69) is 0 Å². The van der Waals surface area contributed by atoms with E-state index < -0.39 is 0 Å². The Bertz CT molecular complexity index is 628. The molecule has 0 saturated carbocycles. The molecule has 0 bridgehead atoms. The van der Waals surface area contributed by atoms with E-state index in [1.54, 1.807) is 4.90 Å². The highest BCUT2D eigenvalue weighted by molar-refractivity contribution is 8.00. The maximum atomic E-state index is 12.3. The fourth-order valence-electron chi connectivity index (χ4n) is 2.90. The molecule has 1 aliphatic heterocycles. The fraction of sp³-hybridized carbons (Fsp3) is 0.625. The topological polar surface area (TPSA) is 81.0 Å². The van der Waals surface area contributed by atoms with Gasteiger partial charge in [0, 0.05) is 30.5 Å². The summed E-state index contributed by atoms with van der Waals surface area (Å²) < 4.78 is 12.2. The summed E-state index contributed by atoms with van der Waals surface area (Å²) in [6, 6.07) is 0. The average molecular weight is 356 g/mol. The first kappa shape index (κ1) is 18.8. The fourth-order valence-corrected chi connectivity index (χ4v) is 4.23. The number of rotatable bonds is 7. The smallest absolute Gasteiger partial charge is 0.340 e. The number of ether oxygens (including phenoxy) is 2. The maximum Gasteiger partial charge on any atom is 0.340 e. The Morgan fingerprint density at radius 2 is 2.04 bits per heavy atom. The van der Waals surface area contributed by atoms with Crippen molar-refractivity contribution < 1.29 is 24.2 Å². The van der Waals surface area contributed by atoms with Crippen molar-refractivity contribution in [3.8, 4) is 0 Å². The molecule has 1 aliphatic rings. The molecule has 0 aromatic carbocycles. The second-order valence-electron chi connectivity index (χ2n) is 5.60. The molecule has 1 N–H and O–H groups in total. The zero-order chi connectivity index (χ0) is 17.9. The van der Waals surface area contributed by atoms with Crippen LogP contribution in [-0.2, 0) is 21.3 Å². The largest absolute Gasteiger partial charge is 0.465 e. The molecule has 1 saturated heterocycles. The van der Waals surface area contributed by atoms with Gasteiger partial charge in [0.2, 0.25) is 5.91 Å². The van der Waals surface area contributed by atoms with Crippen LogP contribution in [0.15, 0.2) is 0 Å². The lowest BCUT2D eigenvalue weighted by atomic mass is 10.1. The van der Waals surface area contributed by atoms with Gasteiger partial charge in [0.15, 0.2) is 0 Å². The van der Waals surface area contributed by atoms with Crippen LogP contribution in [0.1, 0.15) is 32.7 Å². The van der Waals surface area contributed by atoms with Crippen molar-refractivity contribution in [1.29, 1.82) is 0 Å². The van der Waals surface area contributed by atoms with Crippen molar-refractivity contribution in [2.75, 3.05) is 39.2 Å². The first-order valence-electron chi connectivity index (χ1n) is 7.77. The lowest BCUT2D eigenvalue weighted by Crippen LogP contribution is -2.32. The number of amides is 1. The van der Waals surface area contributed by atoms with Crippen LogP contribution in [0.25, 0.3) is 0 Å². The number of nitrogens with zero attached hydrogens (tertiary/aromatic N) is 2. The van der Waals surface area contributed by atoms with E-state index in [9.17, 15) is 9.59 Å². The number of carbonyl (C=O) groups excluding carboxylic acids is 2. The van der Waals surface area contributed by atoms with Crippen LogP contribution >= 0.6 is 11.8 Å². The van der Waals surface area contributed by atoms with Gasteiger partial charge in [-0.2, -0.15) is 0 Å². The van der Waals surface area contributed by atoms with Gasteiger partial charge in [0.25, 0.3) is 0 Å². The molecule has 1 fully saturated rings. The molecular formula is C16H24N2O5S. The third-order valence-electron chi connectivity index (χ3n) is 4.34. The maximum absolute atomic E-state index is 12.3. The third-order valence-corrected chi connectivity index (χ3v) is 5.56. The minimum Gasteiger partial charge on any atom is -0.465 e. The Hall–Kier alpha value is -1.51. The Kier molecular flexibility index (Phi) is 6.31. The normalized spacial score (nSPS) is 17.6. The number of carbonyl (C=O) groups is 2. The van der Waals surface area contributed by atoms with Crippen LogP contribution in [0, 0.1) is 13.8 Å². The highest BCUT2D eigenvalue weighted by Crippen LogP contribution is 2.43.